The van der Waals surface area contributed by atoms with Crippen LogP contribution in [0.4, 0.5) is 10.5 Å². The molecule has 0 bridgehead atoms. The normalized spacial score (nSPS) is 25.5. The number of amides is 1. The zero-order valence-corrected chi connectivity index (χ0v) is 19.9. The summed E-state index contributed by atoms with van der Waals surface area (Å²) in [6, 6.07) is 6.30. The lowest BCUT2D eigenvalue weighted by molar-refractivity contribution is 0.0327. The van der Waals surface area contributed by atoms with Crippen molar-refractivity contribution >= 4 is 23.7 Å². The number of allylic oxidation sites excluding steroid dienone is 1. The number of nitrogen functional groups attached to an aromatic ring is 1. The molecular formula is C25H38N4O2. The number of nitrogens with zero attached hydrogens (tertiary/aromatic N) is 3. The van der Waals surface area contributed by atoms with Crippen LogP contribution in [0, 0.1) is 11.8 Å². The number of likely N-dealkylation sites (tertiary alicyclic amines) is 1. The Kier molecular flexibility index (Phi) is 7.10. The maximum atomic E-state index is 12.8. The first-order valence-electron chi connectivity index (χ1n) is 11.4. The molecule has 1 aromatic rings. The second-order valence-electron chi connectivity index (χ2n) is 10.2. The van der Waals surface area contributed by atoms with Crippen molar-refractivity contribution < 1.29 is 9.53 Å². The number of ether oxygens (including phenoxy) is 1. The van der Waals surface area contributed by atoms with E-state index in [1.807, 2.05) is 45.2 Å². The number of rotatable bonds is 3. The summed E-state index contributed by atoms with van der Waals surface area (Å²) in [5.41, 5.74) is 9.24. The Labute approximate surface area is 187 Å². The Hall–Kier alpha value is -2.34. The molecule has 2 heterocycles. The molecule has 0 radical (unpaired) electrons. The molecular weight excluding hydrogens is 388 g/mol. The first-order chi connectivity index (χ1) is 14.5. The van der Waals surface area contributed by atoms with Crippen molar-refractivity contribution in [1.82, 2.24) is 9.80 Å². The maximum absolute atomic E-state index is 12.8. The van der Waals surface area contributed by atoms with E-state index in [9.17, 15) is 4.79 Å². The second-order valence-corrected chi connectivity index (χ2v) is 10.2. The summed E-state index contributed by atoms with van der Waals surface area (Å²) >= 11 is 0. The summed E-state index contributed by atoms with van der Waals surface area (Å²) in [6.07, 6.45) is 5.70. The lowest BCUT2D eigenvalue weighted by Crippen LogP contribution is -2.39. The van der Waals surface area contributed by atoms with Gasteiger partial charge in [-0.3, -0.25) is 9.89 Å². The Morgan fingerprint density at radius 3 is 2.65 bits per heavy atom. The molecule has 31 heavy (non-hydrogen) atoms. The summed E-state index contributed by atoms with van der Waals surface area (Å²) in [5.74, 6) is 0.920. The van der Waals surface area contributed by atoms with E-state index in [4.69, 9.17) is 15.5 Å². The van der Waals surface area contributed by atoms with E-state index in [0.717, 1.165) is 42.8 Å². The summed E-state index contributed by atoms with van der Waals surface area (Å²) < 4.78 is 5.64. The van der Waals surface area contributed by atoms with E-state index in [-0.39, 0.29) is 6.09 Å². The third-order valence-corrected chi connectivity index (χ3v) is 5.96. The monoisotopic (exact) mass is 426 g/mol. The maximum Gasteiger partial charge on any atom is 0.414 e. The van der Waals surface area contributed by atoms with Gasteiger partial charge in [0.15, 0.2) is 0 Å². The van der Waals surface area contributed by atoms with Crippen molar-refractivity contribution in [1.29, 1.82) is 0 Å². The fraction of sp³-hybridized carbons (Fsp3) is 0.600. The van der Waals surface area contributed by atoms with Crippen molar-refractivity contribution in [2.24, 2.45) is 16.8 Å². The fourth-order valence-electron chi connectivity index (χ4n) is 4.26. The van der Waals surface area contributed by atoms with Gasteiger partial charge in [-0.1, -0.05) is 32.1 Å². The van der Waals surface area contributed by atoms with Gasteiger partial charge >= 0.3 is 6.09 Å². The molecule has 0 aromatic heterocycles. The highest BCUT2D eigenvalue weighted by atomic mass is 16.6. The van der Waals surface area contributed by atoms with Gasteiger partial charge in [0, 0.05) is 36.1 Å². The first kappa shape index (κ1) is 23.3. The largest absolute Gasteiger partial charge is 0.443 e. The number of hydrogen-bond donors (Lipinski definition) is 1. The Morgan fingerprint density at radius 2 is 2.00 bits per heavy atom. The van der Waals surface area contributed by atoms with Crippen LogP contribution in [-0.4, -0.2) is 60.4 Å². The van der Waals surface area contributed by atoms with Gasteiger partial charge in [0.2, 0.25) is 0 Å². The van der Waals surface area contributed by atoms with Crippen LogP contribution in [0.5, 0.6) is 0 Å². The van der Waals surface area contributed by atoms with E-state index in [1.165, 1.54) is 0 Å². The summed E-state index contributed by atoms with van der Waals surface area (Å²) in [6.45, 7) is 12.8. The predicted octanol–water partition coefficient (Wildman–Crippen LogP) is 4.65. The van der Waals surface area contributed by atoms with Crippen LogP contribution < -0.4 is 5.73 Å². The van der Waals surface area contributed by atoms with E-state index in [2.05, 4.69) is 31.9 Å². The third kappa shape index (κ3) is 6.10. The molecule has 170 valence electrons. The predicted molar refractivity (Wildman–Crippen MR) is 128 cm³/mol. The highest BCUT2D eigenvalue weighted by Crippen LogP contribution is 2.31. The van der Waals surface area contributed by atoms with E-state index < -0.39 is 5.60 Å². The van der Waals surface area contributed by atoms with Crippen molar-refractivity contribution in [3.05, 3.63) is 35.4 Å². The highest BCUT2D eigenvalue weighted by Gasteiger charge is 2.29. The van der Waals surface area contributed by atoms with Crippen molar-refractivity contribution in [2.45, 2.75) is 59.1 Å². The molecule has 1 saturated heterocycles. The molecule has 3 atom stereocenters. The first-order valence-corrected chi connectivity index (χ1v) is 11.4. The van der Waals surface area contributed by atoms with E-state index in [0.29, 0.717) is 30.1 Å². The molecule has 6 nitrogen and oxygen atoms in total. The van der Waals surface area contributed by atoms with Crippen LogP contribution in [0.25, 0.3) is 5.70 Å². The molecule has 2 aliphatic rings. The molecule has 1 amide bonds. The Morgan fingerprint density at radius 1 is 1.26 bits per heavy atom. The standard InChI is InChI=1S/C25H38N4O2/c1-17-7-10-23(29(15-17)24(30)31-25(3,4)5)19-8-9-20(21(26)13-19)14-27-22-11-12-28(6)16-18(22)2/h8-10,13-14,17-18,22H,7,11-12,15-16,26H2,1-6H3/t17-,18-,22?/m0/s1. The van der Waals surface area contributed by atoms with Gasteiger partial charge in [-0.15, -0.1) is 0 Å². The van der Waals surface area contributed by atoms with Gasteiger partial charge < -0.3 is 15.4 Å². The van der Waals surface area contributed by atoms with Crippen molar-refractivity contribution in [3.8, 4) is 0 Å². The number of aliphatic imine (C=N–C) groups is 1. The lowest BCUT2D eigenvalue weighted by atomic mass is 9.94. The molecule has 0 spiro atoms. The van der Waals surface area contributed by atoms with Crippen LogP contribution in [0.2, 0.25) is 0 Å². The quantitative estimate of drug-likeness (QED) is 0.564. The number of piperidine rings is 1. The van der Waals surface area contributed by atoms with Gasteiger partial charge in [-0.2, -0.15) is 0 Å². The van der Waals surface area contributed by atoms with Crippen LogP contribution in [-0.2, 0) is 4.74 Å². The van der Waals surface area contributed by atoms with Crippen LogP contribution in [0.15, 0.2) is 29.3 Å². The van der Waals surface area contributed by atoms with Crippen LogP contribution in [0.1, 0.15) is 58.6 Å². The SMILES string of the molecule is C[C@H]1CC=C(c2ccc(C=NC3CCN(C)C[C@@H]3C)c(N)c2)N(C(=O)OC(C)(C)C)C1. The molecule has 2 N–H and O–H groups in total. The third-order valence-electron chi connectivity index (χ3n) is 5.96. The fourth-order valence-corrected chi connectivity index (χ4v) is 4.26. The summed E-state index contributed by atoms with van der Waals surface area (Å²) in [4.78, 5) is 21.8. The average molecular weight is 427 g/mol. The van der Waals surface area contributed by atoms with E-state index in [1.54, 1.807) is 4.90 Å². The summed E-state index contributed by atoms with van der Waals surface area (Å²) in [7, 11) is 2.16. The zero-order chi connectivity index (χ0) is 22.8. The van der Waals surface area contributed by atoms with Crippen molar-refractivity contribution in [3.63, 3.8) is 0 Å². The molecule has 1 aromatic carbocycles. The number of benzene rings is 1. The molecule has 0 aliphatic carbocycles. The van der Waals surface area contributed by atoms with E-state index >= 15 is 0 Å². The minimum Gasteiger partial charge on any atom is -0.443 e. The van der Waals surface area contributed by atoms with Gasteiger partial charge in [0.1, 0.15) is 5.60 Å². The number of carbonyl (C=O) groups is 1. The zero-order valence-electron chi connectivity index (χ0n) is 19.9. The minimum atomic E-state index is -0.534. The Bertz CT molecular complexity index is 856. The second kappa shape index (κ2) is 9.43. The van der Waals surface area contributed by atoms with Crippen LogP contribution >= 0.6 is 0 Å². The van der Waals surface area contributed by atoms with Gasteiger partial charge in [0.25, 0.3) is 0 Å². The molecule has 1 unspecified atom stereocenters. The smallest absolute Gasteiger partial charge is 0.414 e. The topological polar surface area (TPSA) is 71.2 Å². The lowest BCUT2D eigenvalue weighted by Gasteiger charge is -2.34. The Balaban J connectivity index is 1.78. The molecule has 6 heteroatoms. The minimum absolute atomic E-state index is 0.314. The van der Waals surface area contributed by atoms with Gasteiger partial charge in [0.05, 0.1) is 11.7 Å². The van der Waals surface area contributed by atoms with Crippen LogP contribution in [0.3, 0.4) is 0 Å². The molecule has 0 saturated carbocycles. The number of hydrogen-bond acceptors (Lipinski definition) is 5. The number of anilines is 1. The molecule has 3 rings (SSSR count). The summed E-state index contributed by atoms with van der Waals surface area (Å²) in [5, 5.41) is 0. The number of nitrogens with two attached hydrogens (primary N) is 1. The molecule has 1 fully saturated rings. The molecule has 2 aliphatic heterocycles. The van der Waals surface area contributed by atoms with Crippen molar-refractivity contribution in [2.75, 3.05) is 32.4 Å². The highest BCUT2D eigenvalue weighted by molar-refractivity contribution is 5.90. The van der Waals surface area contributed by atoms with Gasteiger partial charge in [-0.05, 0) is 65.1 Å². The van der Waals surface area contributed by atoms with Gasteiger partial charge in [-0.25, -0.2) is 4.79 Å². The average Bonchev–Trinajstić information content (AvgIpc) is 2.67. The number of carbonyl (C=O) groups excluding carboxylic acids is 1.